The maximum absolute atomic E-state index is 12.6. The van der Waals surface area contributed by atoms with Crippen molar-refractivity contribution in [3.8, 4) is 0 Å². The molecule has 0 atom stereocenters. The fourth-order valence-corrected chi connectivity index (χ4v) is 4.58. The third-order valence-electron chi connectivity index (χ3n) is 5.32. The number of aromatic amines is 1. The Balaban J connectivity index is 1.66. The predicted octanol–water partition coefficient (Wildman–Crippen LogP) is -0.213. The number of thioether (sulfide) groups is 1. The number of aromatic nitrogens is 4. The van der Waals surface area contributed by atoms with Gasteiger partial charge in [0.1, 0.15) is 13.1 Å². The molecule has 2 N–H and O–H groups in total. The molecule has 3 aromatic rings. The normalized spacial score (nSPS) is 15.2. The number of aryl methyl sites for hydroxylation is 2. The van der Waals surface area contributed by atoms with E-state index in [1.54, 1.807) is 18.8 Å². The van der Waals surface area contributed by atoms with Crippen molar-refractivity contribution in [1.29, 1.82) is 0 Å². The summed E-state index contributed by atoms with van der Waals surface area (Å²) in [6, 6.07) is 8.24. The van der Waals surface area contributed by atoms with Crippen molar-refractivity contribution in [2.75, 3.05) is 38.6 Å². The number of hydrogen-bond donors (Lipinski definition) is 2. The maximum Gasteiger partial charge on any atom is 0.329 e. The van der Waals surface area contributed by atoms with Gasteiger partial charge in [-0.05, 0) is 12.5 Å². The fraction of sp³-hybridized carbons (Fsp3) is 0.450. The van der Waals surface area contributed by atoms with E-state index in [1.807, 2.05) is 11.5 Å². The van der Waals surface area contributed by atoms with Gasteiger partial charge >= 0.3 is 5.69 Å². The lowest BCUT2D eigenvalue weighted by molar-refractivity contribution is -0.905. The molecule has 8 nitrogen and oxygen atoms in total. The molecule has 1 aromatic carbocycles. The van der Waals surface area contributed by atoms with Crippen LogP contribution in [0, 0.1) is 6.92 Å². The summed E-state index contributed by atoms with van der Waals surface area (Å²) in [6.45, 7) is 7.25. The monoisotopic (exact) mass is 416 g/mol. The summed E-state index contributed by atoms with van der Waals surface area (Å²) >= 11 is 1.63. The van der Waals surface area contributed by atoms with Crippen LogP contribution in [-0.2, 0) is 18.3 Å². The van der Waals surface area contributed by atoms with Crippen LogP contribution in [-0.4, -0.2) is 57.7 Å². The molecule has 0 unspecified atom stereocenters. The first kappa shape index (κ1) is 19.9. The number of benzene rings is 1. The van der Waals surface area contributed by atoms with Crippen LogP contribution >= 0.6 is 11.8 Å². The van der Waals surface area contributed by atoms with E-state index in [-0.39, 0.29) is 0 Å². The molecule has 9 heteroatoms. The Morgan fingerprint density at radius 1 is 1.21 bits per heavy atom. The molecule has 2 aromatic heterocycles. The van der Waals surface area contributed by atoms with Gasteiger partial charge in [0.2, 0.25) is 0 Å². The largest absolute Gasteiger partial charge is 0.370 e. The Bertz CT molecular complexity index is 1110. The summed E-state index contributed by atoms with van der Waals surface area (Å²) in [5.74, 6) is 0.887. The summed E-state index contributed by atoms with van der Waals surface area (Å²) < 4.78 is 8.75. The average Bonchev–Trinajstić information content (AvgIpc) is 3.08. The van der Waals surface area contributed by atoms with Crippen LogP contribution in [0.1, 0.15) is 11.1 Å². The van der Waals surface area contributed by atoms with Crippen LogP contribution in [0.5, 0.6) is 0 Å². The highest BCUT2D eigenvalue weighted by molar-refractivity contribution is 7.99. The van der Waals surface area contributed by atoms with Gasteiger partial charge in [0.15, 0.2) is 16.3 Å². The average molecular weight is 417 g/mol. The highest BCUT2D eigenvalue weighted by Gasteiger charge is 2.19. The standard InChI is InChI=1S/C20H25N5O3S/c1-14-3-5-15(6-4-14)13-25-16-17(23(2)19(27)22-18(16)26)21-20(25)29-12-9-24-7-10-28-11-8-24/h3-6H,7-13H2,1-2H3,(H,22,26,27)/p+1. The van der Waals surface area contributed by atoms with Gasteiger partial charge < -0.3 is 14.2 Å². The van der Waals surface area contributed by atoms with Crippen LogP contribution in [0.15, 0.2) is 39.0 Å². The molecule has 1 saturated heterocycles. The minimum Gasteiger partial charge on any atom is -0.370 e. The first-order valence-corrected chi connectivity index (χ1v) is 10.8. The molecular formula is C20H26N5O3S+. The highest BCUT2D eigenvalue weighted by atomic mass is 32.2. The number of morpholine rings is 1. The van der Waals surface area contributed by atoms with Crippen LogP contribution in [0.4, 0.5) is 0 Å². The molecule has 0 bridgehead atoms. The van der Waals surface area contributed by atoms with Crippen LogP contribution in [0.2, 0.25) is 0 Å². The third kappa shape index (κ3) is 4.31. The lowest BCUT2D eigenvalue weighted by atomic mass is 10.1. The molecule has 0 saturated carbocycles. The number of nitrogens with one attached hydrogen (secondary N) is 2. The lowest BCUT2D eigenvalue weighted by Crippen LogP contribution is -3.14. The van der Waals surface area contributed by atoms with Crippen LogP contribution < -0.4 is 16.1 Å². The smallest absolute Gasteiger partial charge is 0.329 e. The van der Waals surface area contributed by atoms with E-state index in [0.29, 0.717) is 17.7 Å². The molecule has 1 aliphatic heterocycles. The topological polar surface area (TPSA) is 86.3 Å². The van der Waals surface area contributed by atoms with Gasteiger partial charge in [0.05, 0.1) is 32.1 Å². The van der Waals surface area contributed by atoms with Crippen molar-refractivity contribution >= 4 is 22.9 Å². The van der Waals surface area contributed by atoms with Crippen molar-refractivity contribution < 1.29 is 9.64 Å². The van der Waals surface area contributed by atoms with E-state index in [2.05, 4.69) is 34.2 Å². The second-order valence-electron chi connectivity index (χ2n) is 7.42. The molecule has 1 fully saturated rings. The minimum atomic E-state index is -0.447. The number of quaternary nitrogens is 1. The maximum atomic E-state index is 12.6. The third-order valence-corrected chi connectivity index (χ3v) is 6.30. The van der Waals surface area contributed by atoms with Crippen molar-refractivity contribution in [2.45, 2.75) is 18.6 Å². The second-order valence-corrected chi connectivity index (χ2v) is 8.48. The number of H-pyrrole nitrogens is 1. The van der Waals surface area contributed by atoms with Crippen molar-refractivity contribution in [3.05, 3.63) is 56.2 Å². The van der Waals surface area contributed by atoms with Gasteiger partial charge in [0.25, 0.3) is 5.56 Å². The zero-order valence-electron chi connectivity index (χ0n) is 16.7. The molecule has 0 spiro atoms. The molecular weight excluding hydrogens is 390 g/mol. The Morgan fingerprint density at radius 3 is 2.66 bits per heavy atom. The number of ether oxygens (including phenoxy) is 1. The summed E-state index contributed by atoms with van der Waals surface area (Å²) in [5, 5.41) is 0.764. The summed E-state index contributed by atoms with van der Waals surface area (Å²) in [5.41, 5.74) is 2.29. The quantitative estimate of drug-likeness (QED) is 0.543. The Hall–Kier alpha value is -2.36. The zero-order chi connectivity index (χ0) is 20.4. The van der Waals surface area contributed by atoms with Crippen LogP contribution in [0.3, 0.4) is 0 Å². The first-order valence-electron chi connectivity index (χ1n) is 9.82. The molecule has 29 heavy (non-hydrogen) atoms. The van der Waals surface area contributed by atoms with Crippen molar-refractivity contribution in [2.24, 2.45) is 7.05 Å². The molecule has 1 aliphatic rings. The van der Waals surface area contributed by atoms with E-state index in [1.165, 1.54) is 15.0 Å². The number of fused-ring (bicyclic) bond motifs is 1. The number of hydrogen-bond acceptors (Lipinski definition) is 5. The zero-order valence-corrected chi connectivity index (χ0v) is 17.6. The van der Waals surface area contributed by atoms with E-state index < -0.39 is 11.2 Å². The van der Waals surface area contributed by atoms with Crippen molar-refractivity contribution in [3.63, 3.8) is 0 Å². The number of rotatable bonds is 6. The summed E-state index contributed by atoms with van der Waals surface area (Å²) in [6.07, 6.45) is 0. The van der Waals surface area contributed by atoms with Gasteiger partial charge in [-0.1, -0.05) is 41.6 Å². The van der Waals surface area contributed by atoms with E-state index >= 15 is 0 Å². The summed E-state index contributed by atoms with van der Waals surface area (Å²) in [4.78, 5) is 33.2. The minimum absolute atomic E-state index is 0.395. The molecule has 4 rings (SSSR count). The predicted molar refractivity (Wildman–Crippen MR) is 113 cm³/mol. The van der Waals surface area contributed by atoms with Gasteiger partial charge in [-0.2, -0.15) is 0 Å². The lowest BCUT2D eigenvalue weighted by Gasteiger charge is -2.23. The van der Waals surface area contributed by atoms with Crippen LogP contribution in [0.25, 0.3) is 11.2 Å². The van der Waals surface area contributed by atoms with Gasteiger partial charge in [-0.3, -0.25) is 14.3 Å². The Morgan fingerprint density at radius 2 is 1.93 bits per heavy atom. The summed E-state index contributed by atoms with van der Waals surface area (Å²) in [7, 11) is 1.64. The van der Waals surface area contributed by atoms with Gasteiger partial charge in [-0.15, -0.1) is 0 Å². The van der Waals surface area contributed by atoms with E-state index in [9.17, 15) is 9.59 Å². The van der Waals surface area contributed by atoms with Crippen molar-refractivity contribution in [1.82, 2.24) is 19.1 Å². The number of nitrogens with zero attached hydrogens (tertiary/aromatic N) is 3. The van der Waals surface area contributed by atoms with Gasteiger partial charge in [-0.25, -0.2) is 9.78 Å². The molecule has 0 aliphatic carbocycles. The number of imidazole rings is 1. The first-order chi connectivity index (χ1) is 14.0. The molecule has 154 valence electrons. The Labute approximate surface area is 172 Å². The second kappa shape index (κ2) is 8.56. The molecule has 0 radical (unpaired) electrons. The van der Waals surface area contributed by atoms with Gasteiger partial charge in [0, 0.05) is 7.05 Å². The molecule has 3 heterocycles. The highest BCUT2D eigenvalue weighted by Crippen LogP contribution is 2.22. The van der Waals surface area contributed by atoms with E-state index in [0.717, 1.165) is 49.3 Å². The Kier molecular flexibility index (Phi) is 5.89. The fourth-order valence-electron chi connectivity index (χ4n) is 3.54. The SMILES string of the molecule is Cc1ccc(Cn2c(SCC[NH+]3CCOCC3)nc3c2c(=O)[nH]c(=O)n3C)cc1. The van der Waals surface area contributed by atoms with E-state index in [4.69, 9.17) is 4.74 Å². The molecule has 0 amide bonds.